The molecule has 26 heavy (non-hydrogen) atoms. The molecule has 3 heterocycles. The molecule has 122 valence electrons. The van der Waals surface area contributed by atoms with Crippen LogP contribution in [0.5, 0.6) is 0 Å². The van der Waals surface area contributed by atoms with Crippen LogP contribution in [-0.4, -0.2) is 14.5 Å². The number of fused-ring (bicyclic) bond motifs is 7. The Morgan fingerprint density at radius 2 is 1.42 bits per heavy atom. The lowest BCUT2D eigenvalue weighted by atomic mass is 10.1. The minimum atomic E-state index is 0.661. The third-order valence-electron chi connectivity index (χ3n) is 4.93. The van der Waals surface area contributed by atoms with Crippen molar-refractivity contribution in [2.45, 2.75) is 0 Å². The molecule has 0 saturated carbocycles. The summed E-state index contributed by atoms with van der Waals surface area (Å²) in [5, 5.41) is 4.50. The molecule has 0 saturated heterocycles. The molecule has 0 amide bonds. The van der Waals surface area contributed by atoms with E-state index < -0.39 is 0 Å². The zero-order valence-electron chi connectivity index (χ0n) is 13.8. The largest absolute Gasteiger partial charge is 0.455 e. The predicted octanol–water partition coefficient (Wildman–Crippen LogP) is 5.47. The Balaban J connectivity index is 1.89. The Morgan fingerprint density at radius 1 is 0.654 bits per heavy atom. The second-order valence-corrected chi connectivity index (χ2v) is 6.34. The SMILES string of the molecule is c1cnc(-n2c3ccccc3c3c4oc5ccccc5c4ccc32)nc1. The average molecular weight is 335 g/mol. The van der Waals surface area contributed by atoms with Gasteiger partial charge in [-0.05, 0) is 30.3 Å². The number of nitrogens with zero attached hydrogens (tertiary/aromatic N) is 3. The quantitative estimate of drug-likeness (QED) is 0.400. The first-order chi connectivity index (χ1) is 12.9. The van der Waals surface area contributed by atoms with E-state index >= 15 is 0 Å². The average Bonchev–Trinajstić information content (AvgIpc) is 3.24. The predicted molar refractivity (Wildman–Crippen MR) is 104 cm³/mol. The van der Waals surface area contributed by atoms with Crippen LogP contribution in [0.1, 0.15) is 0 Å². The lowest BCUT2D eigenvalue weighted by Crippen LogP contribution is -1.99. The van der Waals surface area contributed by atoms with Gasteiger partial charge in [-0.15, -0.1) is 0 Å². The van der Waals surface area contributed by atoms with Crippen LogP contribution in [0.3, 0.4) is 0 Å². The summed E-state index contributed by atoms with van der Waals surface area (Å²) in [5.41, 5.74) is 3.93. The molecule has 0 aliphatic rings. The van der Waals surface area contributed by atoms with Crippen molar-refractivity contribution in [2.24, 2.45) is 0 Å². The van der Waals surface area contributed by atoms with Crippen LogP contribution in [0, 0.1) is 0 Å². The standard InChI is InChI=1S/C22H13N3O/c1-3-8-17-16(7-1)20-18(25(17)22-23-12-5-13-24-22)11-10-15-14-6-2-4-9-19(14)26-21(15)20/h1-13H. The molecule has 0 aliphatic carbocycles. The molecule has 6 aromatic rings. The van der Waals surface area contributed by atoms with Gasteiger partial charge in [0.25, 0.3) is 0 Å². The van der Waals surface area contributed by atoms with Gasteiger partial charge in [0.05, 0.1) is 16.4 Å². The van der Waals surface area contributed by atoms with Crippen LogP contribution in [0.15, 0.2) is 83.5 Å². The van der Waals surface area contributed by atoms with E-state index in [1.54, 1.807) is 12.4 Å². The van der Waals surface area contributed by atoms with Crippen molar-refractivity contribution >= 4 is 43.7 Å². The van der Waals surface area contributed by atoms with Gasteiger partial charge in [0.1, 0.15) is 11.2 Å². The summed E-state index contributed by atoms with van der Waals surface area (Å²) < 4.78 is 8.36. The molecule has 0 N–H and O–H groups in total. The van der Waals surface area contributed by atoms with Crippen molar-refractivity contribution in [1.29, 1.82) is 0 Å². The molecule has 3 aromatic heterocycles. The molecule has 4 heteroatoms. The van der Waals surface area contributed by atoms with Gasteiger partial charge in [-0.3, -0.25) is 4.57 Å². The van der Waals surface area contributed by atoms with E-state index in [9.17, 15) is 0 Å². The molecule has 0 bridgehead atoms. The normalized spacial score (nSPS) is 11.8. The maximum absolute atomic E-state index is 6.27. The smallest absolute Gasteiger partial charge is 0.234 e. The van der Waals surface area contributed by atoms with Crippen molar-refractivity contribution in [3.05, 3.63) is 79.1 Å². The Bertz CT molecular complexity index is 1430. The third-order valence-corrected chi connectivity index (χ3v) is 4.93. The molecule has 4 nitrogen and oxygen atoms in total. The van der Waals surface area contributed by atoms with Gasteiger partial charge in [-0.1, -0.05) is 36.4 Å². The summed E-state index contributed by atoms with van der Waals surface area (Å²) in [4.78, 5) is 8.93. The maximum atomic E-state index is 6.27. The number of para-hydroxylation sites is 2. The lowest BCUT2D eigenvalue weighted by Gasteiger charge is -2.04. The third kappa shape index (κ3) is 1.68. The van der Waals surface area contributed by atoms with Gasteiger partial charge < -0.3 is 4.42 Å². The molecule has 0 radical (unpaired) electrons. The summed E-state index contributed by atoms with van der Waals surface area (Å²) in [6, 6.07) is 22.6. The molecular formula is C22H13N3O. The molecule has 0 atom stereocenters. The summed E-state index contributed by atoms with van der Waals surface area (Å²) >= 11 is 0. The van der Waals surface area contributed by atoms with Gasteiger partial charge in [0, 0.05) is 28.6 Å². The van der Waals surface area contributed by atoms with Crippen molar-refractivity contribution in [3.8, 4) is 5.95 Å². The van der Waals surface area contributed by atoms with E-state index in [1.165, 1.54) is 0 Å². The van der Waals surface area contributed by atoms with Crippen molar-refractivity contribution in [3.63, 3.8) is 0 Å². The summed E-state index contributed by atoms with van der Waals surface area (Å²) in [5.74, 6) is 0.661. The topological polar surface area (TPSA) is 43.9 Å². The second kappa shape index (κ2) is 4.92. The highest BCUT2D eigenvalue weighted by Gasteiger charge is 2.18. The van der Waals surface area contributed by atoms with E-state index in [1.807, 2.05) is 30.3 Å². The summed E-state index contributed by atoms with van der Waals surface area (Å²) in [6.45, 7) is 0. The highest BCUT2D eigenvalue weighted by Crippen LogP contribution is 2.39. The zero-order valence-corrected chi connectivity index (χ0v) is 13.8. The van der Waals surface area contributed by atoms with Crippen LogP contribution in [-0.2, 0) is 0 Å². The first-order valence-electron chi connectivity index (χ1n) is 8.52. The van der Waals surface area contributed by atoms with E-state index in [4.69, 9.17) is 4.42 Å². The van der Waals surface area contributed by atoms with Gasteiger partial charge in [0.2, 0.25) is 5.95 Å². The number of aromatic nitrogens is 3. The molecule has 0 unspecified atom stereocenters. The van der Waals surface area contributed by atoms with E-state index in [-0.39, 0.29) is 0 Å². The fraction of sp³-hybridized carbons (Fsp3) is 0. The second-order valence-electron chi connectivity index (χ2n) is 6.34. The van der Waals surface area contributed by atoms with Crippen LogP contribution in [0.25, 0.3) is 49.7 Å². The van der Waals surface area contributed by atoms with Crippen LogP contribution in [0.4, 0.5) is 0 Å². The fourth-order valence-electron chi connectivity index (χ4n) is 3.86. The Kier molecular flexibility index (Phi) is 2.58. The zero-order chi connectivity index (χ0) is 17.1. The van der Waals surface area contributed by atoms with Gasteiger partial charge in [0.15, 0.2) is 0 Å². The number of furan rings is 1. The monoisotopic (exact) mass is 335 g/mol. The molecule has 0 spiro atoms. The van der Waals surface area contributed by atoms with E-state index in [0.717, 1.165) is 43.7 Å². The van der Waals surface area contributed by atoms with Crippen LogP contribution >= 0.6 is 0 Å². The number of rotatable bonds is 1. The van der Waals surface area contributed by atoms with Gasteiger partial charge >= 0.3 is 0 Å². The first-order valence-corrected chi connectivity index (χ1v) is 8.52. The number of hydrogen-bond donors (Lipinski definition) is 0. The van der Waals surface area contributed by atoms with Crippen LogP contribution in [0.2, 0.25) is 0 Å². The molecule has 0 fully saturated rings. The Morgan fingerprint density at radius 3 is 2.31 bits per heavy atom. The van der Waals surface area contributed by atoms with E-state index in [2.05, 4.69) is 50.9 Å². The van der Waals surface area contributed by atoms with Crippen molar-refractivity contribution < 1.29 is 4.42 Å². The molecular weight excluding hydrogens is 322 g/mol. The Hall–Kier alpha value is -3.66. The summed E-state index contributed by atoms with van der Waals surface area (Å²) in [7, 11) is 0. The summed E-state index contributed by atoms with van der Waals surface area (Å²) in [6.07, 6.45) is 3.53. The first kappa shape index (κ1) is 13.6. The highest BCUT2D eigenvalue weighted by molar-refractivity contribution is 6.23. The number of benzene rings is 3. The lowest BCUT2D eigenvalue weighted by molar-refractivity contribution is 0.673. The van der Waals surface area contributed by atoms with Crippen molar-refractivity contribution in [2.75, 3.05) is 0 Å². The fourth-order valence-corrected chi connectivity index (χ4v) is 3.86. The Labute approximate surface area is 148 Å². The highest BCUT2D eigenvalue weighted by atomic mass is 16.3. The minimum absolute atomic E-state index is 0.661. The van der Waals surface area contributed by atoms with Gasteiger partial charge in [-0.2, -0.15) is 0 Å². The number of hydrogen-bond acceptors (Lipinski definition) is 3. The van der Waals surface area contributed by atoms with Gasteiger partial charge in [-0.25, -0.2) is 9.97 Å². The van der Waals surface area contributed by atoms with Crippen molar-refractivity contribution in [1.82, 2.24) is 14.5 Å². The molecule has 6 rings (SSSR count). The molecule has 0 aliphatic heterocycles. The maximum Gasteiger partial charge on any atom is 0.234 e. The van der Waals surface area contributed by atoms with Crippen LogP contribution < -0.4 is 0 Å². The minimum Gasteiger partial charge on any atom is -0.455 e. The molecule has 3 aromatic carbocycles. The van der Waals surface area contributed by atoms with E-state index in [0.29, 0.717) is 5.95 Å².